The van der Waals surface area contributed by atoms with Crippen molar-refractivity contribution in [3.05, 3.63) is 96.2 Å². The van der Waals surface area contributed by atoms with Crippen LogP contribution in [-0.4, -0.2) is 73.7 Å². The smallest absolute Gasteiger partial charge is 0.330 e. The van der Waals surface area contributed by atoms with Crippen molar-refractivity contribution in [1.29, 1.82) is 0 Å². The highest BCUT2D eigenvalue weighted by atomic mass is 79.9. The summed E-state index contributed by atoms with van der Waals surface area (Å²) in [6.45, 7) is 5.90. The number of carbonyl (C=O) groups is 4. The van der Waals surface area contributed by atoms with Gasteiger partial charge in [-0.3, -0.25) is 33.5 Å². The van der Waals surface area contributed by atoms with E-state index < -0.39 is 89.6 Å². The number of nitrogens with zero attached hydrogens (tertiary/aromatic N) is 1. The van der Waals surface area contributed by atoms with Crippen LogP contribution in [0.1, 0.15) is 45.9 Å². The maximum absolute atomic E-state index is 14.4. The summed E-state index contributed by atoms with van der Waals surface area (Å²) in [5, 5.41) is 24.5. The zero-order valence-corrected chi connectivity index (χ0v) is 31.7. The second-order valence-electron chi connectivity index (χ2n) is 12.4. The van der Waals surface area contributed by atoms with Crippen molar-refractivity contribution in [3.63, 3.8) is 0 Å². The predicted molar refractivity (Wildman–Crippen MR) is 192 cm³/mol. The number of rotatable bonds is 15. The molecule has 0 amide bonds. The van der Waals surface area contributed by atoms with E-state index in [-0.39, 0.29) is 17.1 Å². The van der Waals surface area contributed by atoms with Crippen molar-refractivity contribution in [1.82, 2.24) is 9.55 Å². The number of nitrogens with one attached hydrogen (secondary N) is 1. The van der Waals surface area contributed by atoms with Crippen LogP contribution in [-0.2, 0) is 33.4 Å². The van der Waals surface area contributed by atoms with E-state index in [1.165, 1.54) is 87.3 Å². The zero-order valence-electron chi connectivity index (χ0n) is 28.6. The molecule has 284 valence electrons. The molecule has 2 heterocycles. The number of H-pyrrole nitrogens is 1. The van der Waals surface area contributed by atoms with E-state index in [4.69, 9.17) is 46.9 Å². The standard InChI is InChI=1S/C35H35BrCl2N2O13/c1-17(2)30(45)52-32(49-22-9-5-20(37)6-10-22)26(42)25(41)28-35(48,15-24(51-28)40-16-19(13-14-36)29(44)39-34(40)47)27(43)33(53-31(46)18(3)4)50-23-11-7-21(38)8-12-23/h5-14,16-18,24-25,28,32-33,41,48H,15H2,1-4H3,(H,39,44,47)/b14-13+/t24-,25?,28-,32?,33?,35-/m1/s1. The minimum atomic E-state index is -2.98. The summed E-state index contributed by atoms with van der Waals surface area (Å²) in [6, 6.07) is 11.1. The molecule has 3 unspecified atom stereocenters. The average Bonchev–Trinajstić information content (AvgIpc) is 3.47. The van der Waals surface area contributed by atoms with Gasteiger partial charge in [-0.2, -0.15) is 0 Å². The third-order valence-electron chi connectivity index (χ3n) is 7.76. The molecule has 1 aliphatic rings. The summed E-state index contributed by atoms with van der Waals surface area (Å²) in [7, 11) is 0. The maximum Gasteiger partial charge on any atom is 0.330 e. The summed E-state index contributed by atoms with van der Waals surface area (Å²) in [5.74, 6) is -6.24. The number of hydrogen-bond acceptors (Lipinski definition) is 13. The molecule has 4 rings (SSSR count). The molecule has 15 nitrogen and oxygen atoms in total. The van der Waals surface area contributed by atoms with Gasteiger partial charge in [-0.25, -0.2) is 4.79 Å². The molecule has 3 aromatic rings. The highest BCUT2D eigenvalue weighted by molar-refractivity contribution is 9.11. The second kappa shape index (κ2) is 17.7. The monoisotopic (exact) mass is 840 g/mol. The third-order valence-corrected chi connectivity index (χ3v) is 8.53. The SMILES string of the molecule is CC(C)C(=O)OC(Oc1ccc(Cl)cc1)C(=O)C(O)[C@H]1O[C@@H](n2cc(/C=C/Br)c(=O)[nH]c2=O)C[C@@]1(O)C(=O)C(OC(=O)C(C)C)Oc1ccc(Cl)cc1. The van der Waals surface area contributed by atoms with Crippen molar-refractivity contribution in [2.75, 3.05) is 0 Å². The number of esters is 2. The summed E-state index contributed by atoms with van der Waals surface area (Å²) < 4.78 is 28.7. The Morgan fingerprint density at radius 1 is 0.906 bits per heavy atom. The predicted octanol–water partition coefficient (Wildman–Crippen LogP) is 3.94. The van der Waals surface area contributed by atoms with Crippen LogP contribution in [0.2, 0.25) is 10.0 Å². The Labute approximate surface area is 320 Å². The lowest BCUT2D eigenvalue weighted by atomic mass is 9.85. The maximum atomic E-state index is 14.4. The number of ketones is 2. The van der Waals surface area contributed by atoms with E-state index in [1.54, 1.807) is 0 Å². The number of carbonyl (C=O) groups excluding carboxylic acids is 4. The van der Waals surface area contributed by atoms with E-state index >= 15 is 0 Å². The van der Waals surface area contributed by atoms with Gasteiger partial charge in [-0.15, -0.1) is 0 Å². The van der Waals surface area contributed by atoms with Crippen LogP contribution in [0.4, 0.5) is 0 Å². The molecule has 0 aliphatic carbocycles. The first-order chi connectivity index (χ1) is 24.9. The summed E-state index contributed by atoms with van der Waals surface area (Å²) in [5.41, 5.74) is -4.88. The van der Waals surface area contributed by atoms with E-state index in [1.807, 2.05) is 0 Å². The van der Waals surface area contributed by atoms with Crippen LogP contribution in [0.5, 0.6) is 11.5 Å². The molecule has 18 heteroatoms. The Morgan fingerprint density at radius 2 is 1.40 bits per heavy atom. The van der Waals surface area contributed by atoms with Crippen molar-refractivity contribution in [2.45, 2.75) is 70.7 Å². The van der Waals surface area contributed by atoms with Crippen molar-refractivity contribution in [3.8, 4) is 11.5 Å². The third kappa shape index (κ3) is 10.0. The average molecular weight is 842 g/mol. The zero-order chi connectivity index (χ0) is 39.2. The van der Waals surface area contributed by atoms with Gasteiger partial charge >= 0.3 is 30.2 Å². The number of aliphatic hydroxyl groups excluding tert-OH is 1. The van der Waals surface area contributed by atoms with Crippen molar-refractivity contribution < 1.29 is 53.1 Å². The number of ether oxygens (including phenoxy) is 5. The molecule has 1 fully saturated rings. The van der Waals surface area contributed by atoms with Crippen molar-refractivity contribution >= 4 is 68.7 Å². The molecule has 3 N–H and O–H groups in total. The molecular weight excluding hydrogens is 807 g/mol. The molecule has 1 saturated heterocycles. The van der Waals surface area contributed by atoms with Gasteiger partial charge in [0.25, 0.3) is 5.56 Å². The first-order valence-corrected chi connectivity index (χ1v) is 17.6. The molecule has 6 atom stereocenters. The molecule has 0 bridgehead atoms. The fourth-order valence-corrected chi connectivity index (χ4v) is 5.41. The highest BCUT2D eigenvalue weighted by Gasteiger charge is 2.61. The second-order valence-corrected chi connectivity index (χ2v) is 13.8. The molecule has 0 spiro atoms. The van der Waals surface area contributed by atoms with Gasteiger partial charge in [-0.1, -0.05) is 66.8 Å². The van der Waals surface area contributed by atoms with E-state index in [0.717, 1.165) is 10.8 Å². The fourth-order valence-electron chi connectivity index (χ4n) is 4.87. The number of aromatic nitrogens is 2. The highest BCUT2D eigenvalue weighted by Crippen LogP contribution is 2.41. The van der Waals surface area contributed by atoms with Crippen molar-refractivity contribution in [2.24, 2.45) is 11.8 Å². The Hall–Kier alpha value is -4.32. The van der Waals surface area contributed by atoms with Gasteiger partial charge in [0.15, 0.2) is 5.60 Å². The lowest BCUT2D eigenvalue weighted by molar-refractivity contribution is -0.195. The number of Topliss-reactive ketones (excluding diaryl/α,β-unsaturated/α-hetero) is 2. The Kier molecular flexibility index (Phi) is 13.8. The Balaban J connectivity index is 1.82. The van der Waals surface area contributed by atoms with Crippen LogP contribution in [0, 0.1) is 11.8 Å². The summed E-state index contributed by atoms with van der Waals surface area (Å²) >= 11 is 15.0. The topological polar surface area (TPSA) is 210 Å². The van der Waals surface area contributed by atoms with Gasteiger partial charge in [0.1, 0.15) is 29.9 Å². The molecule has 2 aromatic carbocycles. The quantitative estimate of drug-likeness (QED) is 0.147. The van der Waals surface area contributed by atoms with Crippen LogP contribution >= 0.6 is 39.1 Å². The first-order valence-electron chi connectivity index (χ1n) is 16.0. The van der Waals surface area contributed by atoms with Gasteiger partial charge in [0.05, 0.1) is 17.4 Å². The van der Waals surface area contributed by atoms with E-state index in [0.29, 0.717) is 10.0 Å². The molecule has 1 aliphatic heterocycles. The minimum Gasteiger partial charge on any atom is -0.448 e. The van der Waals surface area contributed by atoms with Gasteiger partial charge < -0.3 is 33.9 Å². The molecule has 1 aromatic heterocycles. The van der Waals surface area contributed by atoms with Crippen LogP contribution in [0.3, 0.4) is 0 Å². The van der Waals surface area contributed by atoms with Crippen LogP contribution in [0.25, 0.3) is 6.08 Å². The van der Waals surface area contributed by atoms with Crippen LogP contribution < -0.4 is 20.7 Å². The number of halogens is 3. The molecule has 0 saturated carbocycles. The Bertz CT molecular complexity index is 1960. The number of aromatic amines is 1. The molecule has 53 heavy (non-hydrogen) atoms. The molecule has 0 radical (unpaired) electrons. The lowest BCUT2D eigenvalue weighted by Crippen LogP contribution is -2.60. The summed E-state index contributed by atoms with van der Waals surface area (Å²) in [4.78, 5) is 82.7. The van der Waals surface area contributed by atoms with E-state index in [2.05, 4.69) is 20.9 Å². The normalized spacial score (nSPS) is 20.2. The first kappa shape index (κ1) is 41.4. The minimum absolute atomic E-state index is 0.0164. The van der Waals surface area contributed by atoms with Gasteiger partial charge in [-0.05, 0) is 59.6 Å². The number of hydrogen-bond donors (Lipinski definition) is 3. The number of benzene rings is 2. The lowest BCUT2D eigenvalue weighted by Gasteiger charge is -2.33. The number of aliphatic hydroxyl groups is 2. The van der Waals surface area contributed by atoms with E-state index in [9.17, 15) is 39.0 Å². The molecular formula is C35H35BrCl2N2O13. The fraction of sp³-hybridized carbons (Fsp3) is 0.371. The van der Waals surface area contributed by atoms with Gasteiger partial charge in [0.2, 0.25) is 11.6 Å². The largest absolute Gasteiger partial charge is 0.448 e. The summed E-state index contributed by atoms with van der Waals surface area (Å²) in [6.07, 6.45) is -9.31. The van der Waals surface area contributed by atoms with Crippen LogP contribution in [0.15, 0.2) is 69.3 Å². The Morgan fingerprint density at radius 3 is 1.89 bits per heavy atom. The van der Waals surface area contributed by atoms with Gasteiger partial charge in [0, 0.05) is 22.7 Å².